The van der Waals surface area contributed by atoms with Crippen LogP contribution < -0.4 is 10.0 Å². The minimum Gasteiger partial charge on any atom is -0.326 e. The highest BCUT2D eigenvalue weighted by atomic mass is 32.2. The van der Waals surface area contributed by atoms with Crippen LogP contribution in [-0.2, 0) is 19.6 Å². The molecule has 0 aliphatic heterocycles. The molecule has 0 aromatic heterocycles. The van der Waals surface area contributed by atoms with E-state index in [9.17, 15) is 18.0 Å². The molecule has 0 unspecified atom stereocenters. The number of nitrogens with one attached hydrogen (secondary N) is 2. The largest absolute Gasteiger partial charge is 0.326 e. The lowest BCUT2D eigenvalue weighted by molar-refractivity contribution is -0.121. The number of rotatable bonds is 6. The lowest BCUT2D eigenvalue weighted by Gasteiger charge is -2.20. The third-order valence-corrected chi connectivity index (χ3v) is 5.64. The van der Waals surface area contributed by atoms with Crippen LogP contribution >= 0.6 is 0 Å². The third-order valence-electron chi connectivity index (χ3n) is 4.25. The Morgan fingerprint density at radius 1 is 1.08 bits per heavy atom. The van der Waals surface area contributed by atoms with Gasteiger partial charge < -0.3 is 5.32 Å². The topological polar surface area (TPSA) is 92.3 Å². The highest BCUT2D eigenvalue weighted by Gasteiger charge is 2.22. The molecule has 7 heteroatoms. The number of carbonyl (C=O) groups excluding carboxylic acids is 2. The molecule has 1 saturated carbocycles. The van der Waals surface area contributed by atoms with Crippen molar-refractivity contribution in [3.05, 3.63) is 24.3 Å². The zero-order valence-corrected chi connectivity index (χ0v) is 15.6. The highest BCUT2D eigenvalue weighted by molar-refractivity contribution is 7.90. The van der Waals surface area contributed by atoms with E-state index in [0.29, 0.717) is 5.69 Å². The van der Waals surface area contributed by atoms with Crippen molar-refractivity contribution in [3.63, 3.8) is 0 Å². The van der Waals surface area contributed by atoms with Gasteiger partial charge in [0.25, 0.3) is 10.0 Å². The molecular weight excluding hydrogens is 340 g/mol. The van der Waals surface area contributed by atoms with Gasteiger partial charge in [0.2, 0.25) is 11.8 Å². The number of anilines is 1. The lowest BCUT2D eigenvalue weighted by Crippen LogP contribution is -2.31. The van der Waals surface area contributed by atoms with Gasteiger partial charge in [-0.05, 0) is 43.0 Å². The number of sulfonamides is 1. The van der Waals surface area contributed by atoms with E-state index in [-0.39, 0.29) is 29.1 Å². The minimum absolute atomic E-state index is 0.000251. The molecule has 25 heavy (non-hydrogen) atoms. The molecule has 2 N–H and O–H groups in total. The first kappa shape index (κ1) is 19.4. The fraction of sp³-hybridized carbons (Fsp3) is 0.556. The Kier molecular flexibility index (Phi) is 6.58. The molecule has 0 bridgehead atoms. The summed E-state index contributed by atoms with van der Waals surface area (Å²) < 4.78 is 26.4. The summed E-state index contributed by atoms with van der Waals surface area (Å²) in [6.07, 6.45) is 5.28. The first-order valence-electron chi connectivity index (χ1n) is 8.74. The monoisotopic (exact) mass is 366 g/mol. The van der Waals surface area contributed by atoms with Crippen LogP contribution in [0.4, 0.5) is 5.69 Å². The maximum atomic E-state index is 12.2. The summed E-state index contributed by atoms with van der Waals surface area (Å²) in [5, 5.41) is 2.84. The fourth-order valence-electron chi connectivity index (χ4n) is 2.95. The van der Waals surface area contributed by atoms with Crippen LogP contribution in [0.25, 0.3) is 0 Å². The second-order valence-electron chi connectivity index (χ2n) is 6.98. The third kappa shape index (κ3) is 5.85. The van der Waals surface area contributed by atoms with Gasteiger partial charge in [-0.3, -0.25) is 9.59 Å². The summed E-state index contributed by atoms with van der Waals surface area (Å²) in [7, 11) is -3.88. The van der Waals surface area contributed by atoms with E-state index >= 15 is 0 Å². The molecule has 1 aromatic carbocycles. The van der Waals surface area contributed by atoms with E-state index in [1.54, 1.807) is 12.1 Å². The van der Waals surface area contributed by atoms with Crippen molar-refractivity contribution in [2.24, 2.45) is 11.8 Å². The van der Waals surface area contributed by atoms with Crippen molar-refractivity contribution in [3.8, 4) is 0 Å². The average molecular weight is 366 g/mol. The molecular formula is C18H26N2O4S. The highest BCUT2D eigenvalue weighted by Crippen LogP contribution is 2.25. The molecule has 0 atom stereocenters. The Bertz CT molecular complexity index is 705. The van der Waals surface area contributed by atoms with Gasteiger partial charge in [-0.25, -0.2) is 13.1 Å². The zero-order valence-electron chi connectivity index (χ0n) is 14.7. The first-order valence-corrected chi connectivity index (χ1v) is 10.2. The Balaban J connectivity index is 1.98. The second-order valence-corrected chi connectivity index (χ2v) is 8.66. The van der Waals surface area contributed by atoms with Gasteiger partial charge in [-0.15, -0.1) is 0 Å². The summed E-state index contributed by atoms with van der Waals surface area (Å²) in [5.41, 5.74) is 0.558. The van der Waals surface area contributed by atoms with Gasteiger partial charge in [0.15, 0.2) is 0 Å². The van der Waals surface area contributed by atoms with Crippen molar-refractivity contribution < 1.29 is 18.0 Å². The summed E-state index contributed by atoms with van der Waals surface area (Å²) in [5.74, 6) is -0.426. The summed E-state index contributed by atoms with van der Waals surface area (Å²) >= 11 is 0. The molecule has 0 radical (unpaired) electrons. The number of hydrogen-bond acceptors (Lipinski definition) is 4. The lowest BCUT2D eigenvalue weighted by atomic mass is 9.88. The van der Waals surface area contributed by atoms with Crippen molar-refractivity contribution in [1.29, 1.82) is 0 Å². The van der Waals surface area contributed by atoms with Crippen LogP contribution in [0.3, 0.4) is 0 Å². The Labute approximate surface area is 149 Å². The normalized spacial score (nSPS) is 15.8. The molecule has 1 fully saturated rings. The molecule has 2 amide bonds. The number of amides is 2. The summed E-state index contributed by atoms with van der Waals surface area (Å²) in [6.45, 7) is 3.69. The van der Waals surface area contributed by atoms with E-state index in [4.69, 9.17) is 0 Å². The quantitative estimate of drug-likeness (QED) is 0.809. The first-order chi connectivity index (χ1) is 11.8. The van der Waals surface area contributed by atoms with E-state index in [2.05, 4.69) is 10.0 Å². The fourth-order valence-corrected chi connectivity index (χ4v) is 3.94. The number of hydrogen-bond donors (Lipinski definition) is 2. The second kappa shape index (κ2) is 8.47. The smallest absolute Gasteiger partial charge is 0.264 e. The molecule has 0 saturated heterocycles. The predicted molar refractivity (Wildman–Crippen MR) is 96.4 cm³/mol. The van der Waals surface area contributed by atoms with Crippen LogP contribution in [0.5, 0.6) is 0 Å². The van der Waals surface area contributed by atoms with Crippen molar-refractivity contribution >= 4 is 27.5 Å². The van der Waals surface area contributed by atoms with Crippen LogP contribution in [0.1, 0.15) is 52.4 Å². The zero-order chi connectivity index (χ0) is 18.4. The van der Waals surface area contributed by atoms with Gasteiger partial charge in [-0.1, -0.05) is 33.1 Å². The molecule has 0 heterocycles. The van der Waals surface area contributed by atoms with Gasteiger partial charge in [-0.2, -0.15) is 0 Å². The maximum Gasteiger partial charge on any atom is 0.264 e. The molecule has 1 aliphatic rings. The molecule has 0 spiro atoms. The van der Waals surface area contributed by atoms with Crippen molar-refractivity contribution in [2.45, 2.75) is 57.3 Å². The SMILES string of the molecule is CC(C)CC(=O)NS(=O)(=O)c1ccc(NC(=O)C2CCCCC2)cc1. The van der Waals surface area contributed by atoms with Gasteiger partial charge >= 0.3 is 0 Å². The Morgan fingerprint density at radius 3 is 2.24 bits per heavy atom. The number of carbonyl (C=O) groups is 2. The Morgan fingerprint density at radius 2 is 1.68 bits per heavy atom. The molecule has 6 nitrogen and oxygen atoms in total. The molecule has 1 aliphatic carbocycles. The van der Waals surface area contributed by atoms with E-state index in [0.717, 1.165) is 25.7 Å². The van der Waals surface area contributed by atoms with Gasteiger partial charge in [0.1, 0.15) is 0 Å². The summed E-state index contributed by atoms with van der Waals surface area (Å²) in [4.78, 5) is 23.9. The van der Waals surface area contributed by atoms with Crippen molar-refractivity contribution in [1.82, 2.24) is 4.72 Å². The molecule has 1 aromatic rings. The Hall–Kier alpha value is -1.89. The minimum atomic E-state index is -3.88. The van der Waals surface area contributed by atoms with Crippen LogP contribution in [0.15, 0.2) is 29.2 Å². The van der Waals surface area contributed by atoms with E-state index < -0.39 is 15.9 Å². The van der Waals surface area contributed by atoms with Crippen LogP contribution in [0, 0.1) is 11.8 Å². The van der Waals surface area contributed by atoms with Gasteiger partial charge in [0.05, 0.1) is 4.90 Å². The predicted octanol–water partition coefficient (Wildman–Crippen LogP) is 3.06. The van der Waals surface area contributed by atoms with Crippen LogP contribution in [0.2, 0.25) is 0 Å². The molecule has 138 valence electrons. The molecule has 2 rings (SSSR count). The summed E-state index contributed by atoms with van der Waals surface area (Å²) in [6, 6.07) is 5.87. The van der Waals surface area contributed by atoms with E-state index in [1.165, 1.54) is 18.6 Å². The van der Waals surface area contributed by atoms with E-state index in [1.807, 2.05) is 13.8 Å². The average Bonchev–Trinajstić information content (AvgIpc) is 2.54. The van der Waals surface area contributed by atoms with Crippen LogP contribution in [-0.4, -0.2) is 20.2 Å². The van der Waals surface area contributed by atoms with Crippen molar-refractivity contribution in [2.75, 3.05) is 5.32 Å². The standard InChI is InChI=1S/C18H26N2O4S/c1-13(2)12-17(21)20-25(23,24)16-10-8-15(9-11-16)19-18(22)14-6-4-3-5-7-14/h8-11,13-14H,3-7,12H2,1-2H3,(H,19,22)(H,20,21). The van der Waals surface area contributed by atoms with Gasteiger partial charge in [0, 0.05) is 18.0 Å². The number of benzene rings is 1. The maximum absolute atomic E-state index is 12.2.